The van der Waals surface area contributed by atoms with Gasteiger partial charge in [0, 0.05) is 35.0 Å². The number of fused-ring (bicyclic) bond motifs is 2. The highest BCUT2D eigenvalue weighted by Crippen LogP contribution is 2.68. The molecule has 0 radical (unpaired) electrons. The summed E-state index contributed by atoms with van der Waals surface area (Å²) in [4.78, 5) is 40.8. The molecule has 4 bridgehead atoms. The van der Waals surface area contributed by atoms with Gasteiger partial charge in [0.15, 0.2) is 22.8 Å². The molecule has 3 heterocycles. The number of hydrogen-bond donors (Lipinski definition) is 2. The van der Waals surface area contributed by atoms with Crippen LogP contribution in [0.15, 0.2) is 52.7 Å². The molecule has 1 unspecified atom stereocenters. The molecule has 3 aliphatic carbocycles. The number of benzene rings is 1. The number of allylic oxidation sites excluding steroid dienone is 5. The molecule has 8 heteroatoms. The highest BCUT2D eigenvalue weighted by molar-refractivity contribution is 6.19. The van der Waals surface area contributed by atoms with Gasteiger partial charge in [0.1, 0.15) is 28.4 Å². The summed E-state index contributed by atoms with van der Waals surface area (Å²) in [6, 6.07) is 0. The van der Waals surface area contributed by atoms with Gasteiger partial charge in [-0.05, 0) is 93.2 Å². The number of carboxylic acid groups (broad SMARTS) is 1. The molecule has 1 aromatic rings. The highest BCUT2D eigenvalue weighted by Gasteiger charge is 2.81. The van der Waals surface area contributed by atoms with Crippen LogP contribution in [0, 0.1) is 11.8 Å². The van der Waals surface area contributed by atoms with Crippen LogP contribution in [0.5, 0.6) is 17.2 Å². The third-order valence-electron chi connectivity index (χ3n) is 10.5. The zero-order valence-electron chi connectivity index (χ0n) is 28.0. The van der Waals surface area contributed by atoms with Crippen molar-refractivity contribution in [1.29, 1.82) is 0 Å². The van der Waals surface area contributed by atoms with E-state index < -0.39 is 40.1 Å². The van der Waals surface area contributed by atoms with Gasteiger partial charge in [-0.1, -0.05) is 35.5 Å². The van der Waals surface area contributed by atoms with Crippen LogP contribution in [0.2, 0.25) is 0 Å². The monoisotopic (exact) mass is 628 g/mol. The molecular formula is C38H44O8. The minimum atomic E-state index is -1.63. The van der Waals surface area contributed by atoms with Crippen molar-refractivity contribution in [2.45, 2.75) is 110 Å². The molecule has 5 atom stereocenters. The Bertz CT molecular complexity index is 1730. The minimum absolute atomic E-state index is 0.0544. The summed E-state index contributed by atoms with van der Waals surface area (Å²) in [5.41, 5.74) is -0.952. The molecule has 244 valence electrons. The lowest BCUT2D eigenvalue weighted by Gasteiger charge is -2.56. The molecule has 2 N–H and O–H groups in total. The third kappa shape index (κ3) is 4.47. The van der Waals surface area contributed by atoms with Crippen molar-refractivity contribution in [3.63, 3.8) is 0 Å². The second-order valence-electron chi connectivity index (χ2n) is 14.8. The van der Waals surface area contributed by atoms with Crippen molar-refractivity contribution < 1.29 is 38.8 Å². The fourth-order valence-electron chi connectivity index (χ4n) is 8.17. The van der Waals surface area contributed by atoms with Gasteiger partial charge in [0.05, 0.1) is 11.2 Å². The first-order valence-corrected chi connectivity index (χ1v) is 16.2. The van der Waals surface area contributed by atoms with Gasteiger partial charge in [0.2, 0.25) is 0 Å². The summed E-state index contributed by atoms with van der Waals surface area (Å²) in [6.45, 7) is 15.4. The average Bonchev–Trinajstić information content (AvgIpc) is 3.12. The fourth-order valence-corrected chi connectivity index (χ4v) is 8.17. The maximum atomic E-state index is 14.7. The van der Waals surface area contributed by atoms with E-state index in [1.54, 1.807) is 6.08 Å². The Kier molecular flexibility index (Phi) is 7.36. The quantitative estimate of drug-likeness (QED) is 0.228. The van der Waals surface area contributed by atoms with E-state index in [0.29, 0.717) is 41.7 Å². The second-order valence-corrected chi connectivity index (χ2v) is 14.8. The molecule has 1 spiro atoms. The van der Waals surface area contributed by atoms with Crippen LogP contribution in [0.4, 0.5) is 0 Å². The smallest absolute Gasteiger partial charge is 0.330 e. The summed E-state index contributed by atoms with van der Waals surface area (Å²) in [5, 5.41) is 21.4. The number of ketones is 2. The van der Waals surface area contributed by atoms with Crippen LogP contribution in [0.1, 0.15) is 103 Å². The summed E-state index contributed by atoms with van der Waals surface area (Å²) >= 11 is 0. The number of Topliss-reactive ketones (excluding diaryl/α,β-unsaturated/α-hetero) is 2. The Morgan fingerprint density at radius 2 is 1.70 bits per heavy atom. The van der Waals surface area contributed by atoms with Gasteiger partial charge in [-0.25, -0.2) is 4.79 Å². The molecule has 8 nitrogen and oxygen atoms in total. The van der Waals surface area contributed by atoms with Crippen LogP contribution in [0.25, 0.3) is 6.08 Å². The summed E-state index contributed by atoms with van der Waals surface area (Å²) in [6.07, 6.45) is 13.4. The van der Waals surface area contributed by atoms with Crippen LogP contribution in [-0.4, -0.2) is 50.2 Å². The number of aromatic hydroxyl groups is 1. The summed E-state index contributed by atoms with van der Waals surface area (Å²) < 4.78 is 20.6. The molecule has 7 rings (SSSR count). The fraction of sp³-hybridized carbons (Fsp3) is 0.500. The van der Waals surface area contributed by atoms with Crippen LogP contribution in [0.3, 0.4) is 0 Å². The second kappa shape index (κ2) is 10.6. The Balaban J connectivity index is 1.59. The first kappa shape index (κ1) is 32.0. The van der Waals surface area contributed by atoms with Gasteiger partial charge >= 0.3 is 5.97 Å². The van der Waals surface area contributed by atoms with Crippen molar-refractivity contribution >= 4 is 23.6 Å². The number of rotatable bonds is 8. The zero-order valence-corrected chi connectivity index (χ0v) is 28.0. The van der Waals surface area contributed by atoms with E-state index in [1.807, 2.05) is 52.8 Å². The molecule has 46 heavy (non-hydrogen) atoms. The minimum Gasteiger partial charge on any atom is -0.506 e. The molecule has 0 amide bonds. The van der Waals surface area contributed by atoms with Gasteiger partial charge in [-0.15, -0.1) is 0 Å². The third-order valence-corrected chi connectivity index (χ3v) is 10.5. The largest absolute Gasteiger partial charge is 0.506 e. The lowest BCUT2D eigenvalue weighted by molar-refractivity contribution is -0.171. The average molecular weight is 629 g/mol. The van der Waals surface area contributed by atoms with Crippen LogP contribution in [-0.2, 0) is 20.7 Å². The van der Waals surface area contributed by atoms with E-state index in [1.165, 1.54) is 18.6 Å². The Morgan fingerprint density at radius 1 is 1.00 bits per heavy atom. The normalized spacial score (nSPS) is 31.2. The molecule has 1 saturated carbocycles. The number of phenolic OH excluding ortho intramolecular Hbond substituents is 1. The topological polar surface area (TPSA) is 119 Å². The van der Waals surface area contributed by atoms with Crippen molar-refractivity contribution in [1.82, 2.24) is 0 Å². The predicted molar refractivity (Wildman–Crippen MR) is 174 cm³/mol. The zero-order chi connectivity index (χ0) is 33.6. The Hall–Kier alpha value is -3.91. The molecule has 1 aromatic carbocycles. The van der Waals surface area contributed by atoms with Crippen LogP contribution >= 0.6 is 0 Å². The number of carbonyl (C=O) groups is 3. The molecular weight excluding hydrogens is 584 g/mol. The molecule has 0 aromatic heterocycles. The van der Waals surface area contributed by atoms with Gasteiger partial charge in [-0.2, -0.15) is 0 Å². The number of ether oxygens (including phenoxy) is 3. The SMILES string of the molecule is CC(C)=CCC[C@@]1(C)C=Cc2c(O)c3c(c(CC=C(C)C)c2O1)O[C@@]12C(=C[C@H]4CC1C(C)(C)O[C@]2(C/C=C(\C)C(=O)O)C4=O)C3=O. The van der Waals surface area contributed by atoms with E-state index in [-0.39, 0.29) is 40.8 Å². The van der Waals surface area contributed by atoms with E-state index in [2.05, 4.69) is 19.9 Å². The van der Waals surface area contributed by atoms with E-state index in [4.69, 9.17) is 14.2 Å². The van der Waals surface area contributed by atoms with Crippen molar-refractivity contribution in [2.75, 3.05) is 0 Å². The first-order chi connectivity index (χ1) is 21.5. The first-order valence-electron chi connectivity index (χ1n) is 16.2. The maximum absolute atomic E-state index is 14.7. The molecule has 1 saturated heterocycles. The number of hydrogen-bond acceptors (Lipinski definition) is 7. The van der Waals surface area contributed by atoms with Gasteiger partial charge < -0.3 is 24.4 Å². The van der Waals surface area contributed by atoms with Crippen molar-refractivity contribution in [3.05, 3.63) is 69.4 Å². The molecule has 6 aliphatic rings. The van der Waals surface area contributed by atoms with Crippen molar-refractivity contribution in [2.24, 2.45) is 11.8 Å². The predicted octanol–water partition coefficient (Wildman–Crippen LogP) is 7.24. The number of aliphatic carboxylic acids is 1. The van der Waals surface area contributed by atoms with E-state index >= 15 is 0 Å². The summed E-state index contributed by atoms with van der Waals surface area (Å²) in [5.74, 6) is -2.28. The van der Waals surface area contributed by atoms with Crippen LogP contribution < -0.4 is 9.47 Å². The lowest BCUT2D eigenvalue weighted by Crippen LogP contribution is -2.72. The molecule has 3 aliphatic heterocycles. The number of phenols is 1. The maximum Gasteiger partial charge on any atom is 0.330 e. The van der Waals surface area contributed by atoms with E-state index in [0.717, 1.165) is 12.0 Å². The van der Waals surface area contributed by atoms with Gasteiger partial charge in [-0.3, -0.25) is 9.59 Å². The Morgan fingerprint density at radius 3 is 2.35 bits per heavy atom. The van der Waals surface area contributed by atoms with Gasteiger partial charge in [0.25, 0.3) is 0 Å². The standard InChI is InChI=1S/C38H44O8/c1-20(2)10-9-15-36(8)16-14-24-29(39)28-30(40)26-18-23-19-27-35(6,7)46-37(33(23)41,17-13-22(5)34(42)43)38(26,27)45-32(28)25(31(24)44-36)12-11-21(3)4/h10-11,13-14,16,18,23,27,39H,9,12,15,17,19H2,1-8H3,(H,42,43)/b22-13+/t23-,27?,36-,37+,38-/m0/s1. The lowest BCUT2D eigenvalue weighted by atomic mass is 9.51. The molecule has 2 fully saturated rings. The Labute approximate surface area is 270 Å². The van der Waals surface area contributed by atoms with Crippen molar-refractivity contribution in [3.8, 4) is 17.2 Å². The number of carboxylic acids is 1. The van der Waals surface area contributed by atoms with E-state index in [9.17, 15) is 24.6 Å². The summed E-state index contributed by atoms with van der Waals surface area (Å²) in [7, 11) is 0. The number of carbonyl (C=O) groups excluding carboxylic acids is 2. The highest BCUT2D eigenvalue weighted by atomic mass is 16.6.